The molecule has 0 spiro atoms. The zero-order valence-corrected chi connectivity index (χ0v) is 12.6. The lowest BCUT2D eigenvalue weighted by molar-refractivity contribution is 0.0862. The maximum Gasteiger partial charge on any atom is 0.0701 e. The van der Waals surface area contributed by atoms with Crippen LogP contribution in [0.3, 0.4) is 0 Å². The standard InChI is InChI=1S/C13H19BrN2S/c1-9(12-4-5-13(14)17-12)16-6-2-3-10-7-15-8-11(10)16/h4-5,9-11,15H,2-3,6-8H2,1H3. The molecule has 2 aliphatic heterocycles. The van der Waals surface area contributed by atoms with E-state index in [1.165, 1.54) is 41.1 Å². The van der Waals surface area contributed by atoms with Crippen molar-refractivity contribution in [1.82, 2.24) is 10.2 Å². The number of piperidine rings is 1. The van der Waals surface area contributed by atoms with Crippen molar-refractivity contribution in [2.45, 2.75) is 31.8 Å². The van der Waals surface area contributed by atoms with E-state index in [1.54, 1.807) is 0 Å². The fraction of sp³-hybridized carbons (Fsp3) is 0.692. The molecule has 2 fully saturated rings. The summed E-state index contributed by atoms with van der Waals surface area (Å²) in [7, 11) is 0. The molecule has 1 N–H and O–H groups in total. The van der Waals surface area contributed by atoms with Crippen molar-refractivity contribution >= 4 is 27.3 Å². The second-order valence-corrected chi connectivity index (χ2v) is 7.68. The lowest BCUT2D eigenvalue weighted by atomic mass is 9.91. The van der Waals surface area contributed by atoms with E-state index >= 15 is 0 Å². The number of hydrogen-bond donors (Lipinski definition) is 1. The van der Waals surface area contributed by atoms with E-state index in [2.05, 4.69) is 45.2 Å². The molecule has 0 saturated carbocycles. The first-order valence-corrected chi connectivity index (χ1v) is 8.08. The highest BCUT2D eigenvalue weighted by atomic mass is 79.9. The average Bonchev–Trinajstić information content (AvgIpc) is 2.95. The quantitative estimate of drug-likeness (QED) is 0.901. The van der Waals surface area contributed by atoms with Gasteiger partial charge in [-0.2, -0.15) is 0 Å². The van der Waals surface area contributed by atoms with Crippen LogP contribution in [0.25, 0.3) is 0 Å². The van der Waals surface area contributed by atoms with Gasteiger partial charge in [0.1, 0.15) is 0 Å². The molecule has 0 bridgehead atoms. The molecule has 0 radical (unpaired) electrons. The van der Waals surface area contributed by atoms with Crippen LogP contribution in [0.2, 0.25) is 0 Å². The van der Waals surface area contributed by atoms with Gasteiger partial charge in [-0.15, -0.1) is 11.3 Å². The van der Waals surface area contributed by atoms with Gasteiger partial charge in [-0.1, -0.05) is 0 Å². The van der Waals surface area contributed by atoms with Gasteiger partial charge >= 0.3 is 0 Å². The van der Waals surface area contributed by atoms with Crippen molar-refractivity contribution in [3.63, 3.8) is 0 Å². The molecule has 3 atom stereocenters. The van der Waals surface area contributed by atoms with Crippen LogP contribution in [0.15, 0.2) is 15.9 Å². The minimum absolute atomic E-state index is 0.569. The van der Waals surface area contributed by atoms with Crippen LogP contribution in [0, 0.1) is 5.92 Å². The summed E-state index contributed by atoms with van der Waals surface area (Å²) in [5.74, 6) is 0.884. The molecule has 0 aliphatic carbocycles. The van der Waals surface area contributed by atoms with Gasteiger partial charge in [0.05, 0.1) is 3.79 Å². The van der Waals surface area contributed by atoms with Gasteiger partial charge in [0.25, 0.3) is 0 Å². The molecule has 3 rings (SSSR count). The summed E-state index contributed by atoms with van der Waals surface area (Å²) < 4.78 is 1.25. The lowest BCUT2D eigenvalue weighted by Crippen LogP contribution is -2.45. The third kappa shape index (κ3) is 2.33. The van der Waals surface area contributed by atoms with Crippen molar-refractivity contribution in [3.8, 4) is 0 Å². The minimum Gasteiger partial charge on any atom is -0.315 e. The smallest absolute Gasteiger partial charge is 0.0701 e. The van der Waals surface area contributed by atoms with Gasteiger partial charge in [-0.05, 0) is 66.8 Å². The van der Waals surface area contributed by atoms with Gasteiger partial charge in [0, 0.05) is 23.5 Å². The highest BCUT2D eigenvalue weighted by Crippen LogP contribution is 2.36. The molecule has 3 heterocycles. The van der Waals surface area contributed by atoms with Crippen LogP contribution < -0.4 is 5.32 Å². The highest BCUT2D eigenvalue weighted by molar-refractivity contribution is 9.11. The van der Waals surface area contributed by atoms with E-state index < -0.39 is 0 Å². The van der Waals surface area contributed by atoms with Crippen molar-refractivity contribution in [2.24, 2.45) is 5.92 Å². The van der Waals surface area contributed by atoms with E-state index in [0.29, 0.717) is 6.04 Å². The zero-order chi connectivity index (χ0) is 11.8. The van der Waals surface area contributed by atoms with E-state index in [1.807, 2.05) is 11.3 Å². The second-order valence-electron chi connectivity index (χ2n) is 5.18. The predicted octanol–water partition coefficient (Wildman–Crippen LogP) is 3.26. The molecule has 94 valence electrons. The topological polar surface area (TPSA) is 15.3 Å². The van der Waals surface area contributed by atoms with E-state index in [9.17, 15) is 0 Å². The Hall–Kier alpha value is 0.1000. The van der Waals surface area contributed by atoms with Crippen LogP contribution in [-0.4, -0.2) is 30.6 Å². The minimum atomic E-state index is 0.569. The molecule has 17 heavy (non-hydrogen) atoms. The number of fused-ring (bicyclic) bond motifs is 1. The Bertz CT molecular complexity index is 393. The van der Waals surface area contributed by atoms with Crippen LogP contribution >= 0.6 is 27.3 Å². The number of rotatable bonds is 2. The van der Waals surface area contributed by atoms with Crippen molar-refractivity contribution in [2.75, 3.05) is 19.6 Å². The summed E-state index contributed by atoms with van der Waals surface area (Å²) >= 11 is 5.45. The molecular formula is C13H19BrN2S. The first-order valence-electron chi connectivity index (χ1n) is 6.47. The van der Waals surface area contributed by atoms with Gasteiger partial charge in [-0.25, -0.2) is 0 Å². The first kappa shape index (κ1) is 12.2. The molecule has 0 aromatic carbocycles. The maximum atomic E-state index is 3.57. The Kier molecular flexibility index (Phi) is 3.57. The number of hydrogen-bond acceptors (Lipinski definition) is 3. The van der Waals surface area contributed by atoms with Crippen molar-refractivity contribution in [1.29, 1.82) is 0 Å². The molecule has 3 unspecified atom stereocenters. The monoisotopic (exact) mass is 314 g/mol. The highest BCUT2D eigenvalue weighted by Gasteiger charge is 2.37. The molecule has 1 aromatic rings. The Morgan fingerprint density at radius 2 is 2.35 bits per heavy atom. The van der Waals surface area contributed by atoms with E-state index in [-0.39, 0.29) is 0 Å². The van der Waals surface area contributed by atoms with Gasteiger partial charge in [0.2, 0.25) is 0 Å². The van der Waals surface area contributed by atoms with Crippen LogP contribution in [0.4, 0.5) is 0 Å². The molecule has 2 saturated heterocycles. The Morgan fingerprint density at radius 1 is 1.47 bits per heavy atom. The summed E-state index contributed by atoms with van der Waals surface area (Å²) in [5.41, 5.74) is 0. The largest absolute Gasteiger partial charge is 0.315 e. The van der Waals surface area contributed by atoms with Crippen molar-refractivity contribution < 1.29 is 0 Å². The number of thiophene rings is 1. The molecule has 0 amide bonds. The lowest BCUT2D eigenvalue weighted by Gasteiger charge is -2.40. The number of nitrogens with zero attached hydrogens (tertiary/aromatic N) is 1. The number of likely N-dealkylation sites (tertiary alicyclic amines) is 1. The fourth-order valence-electron chi connectivity index (χ4n) is 3.30. The van der Waals surface area contributed by atoms with Crippen LogP contribution in [-0.2, 0) is 0 Å². The summed E-state index contributed by atoms with van der Waals surface area (Å²) in [6.45, 7) is 6.03. The second kappa shape index (κ2) is 5.00. The average molecular weight is 315 g/mol. The normalized spacial score (nSPS) is 31.4. The van der Waals surface area contributed by atoms with Crippen molar-refractivity contribution in [3.05, 3.63) is 20.8 Å². The van der Waals surface area contributed by atoms with E-state index in [0.717, 1.165) is 12.0 Å². The zero-order valence-electron chi connectivity index (χ0n) is 10.2. The SMILES string of the molecule is CC(c1ccc(Br)s1)N1CCCC2CNCC21. The summed E-state index contributed by atoms with van der Waals surface area (Å²) in [6.07, 6.45) is 2.77. The molecule has 4 heteroatoms. The van der Waals surface area contributed by atoms with Gasteiger partial charge in [0.15, 0.2) is 0 Å². The van der Waals surface area contributed by atoms with Crippen LogP contribution in [0.1, 0.15) is 30.7 Å². The molecule has 2 aliphatic rings. The predicted molar refractivity (Wildman–Crippen MR) is 76.5 cm³/mol. The summed E-state index contributed by atoms with van der Waals surface area (Å²) in [4.78, 5) is 4.20. The molecular weight excluding hydrogens is 296 g/mol. The molecule has 2 nitrogen and oxygen atoms in total. The summed E-state index contributed by atoms with van der Waals surface area (Å²) in [5, 5.41) is 3.56. The number of nitrogens with one attached hydrogen (secondary N) is 1. The van der Waals surface area contributed by atoms with Gasteiger partial charge < -0.3 is 5.32 Å². The number of halogens is 1. The third-order valence-corrected chi connectivity index (χ3v) is 6.02. The Balaban J connectivity index is 1.78. The fourth-order valence-corrected chi connectivity index (χ4v) is 4.80. The van der Waals surface area contributed by atoms with E-state index in [4.69, 9.17) is 0 Å². The summed E-state index contributed by atoms with van der Waals surface area (Å²) in [6, 6.07) is 5.77. The Labute approximate surface area is 116 Å². The first-order chi connectivity index (χ1) is 8.25. The third-order valence-electron chi connectivity index (χ3n) is 4.22. The molecule has 1 aromatic heterocycles. The van der Waals surface area contributed by atoms with Gasteiger partial charge in [-0.3, -0.25) is 4.90 Å². The maximum absolute atomic E-state index is 3.57. The Morgan fingerprint density at radius 3 is 3.12 bits per heavy atom. The van der Waals surface area contributed by atoms with Crippen LogP contribution in [0.5, 0.6) is 0 Å².